The summed E-state index contributed by atoms with van der Waals surface area (Å²) in [5.41, 5.74) is 11.0. The quantitative estimate of drug-likeness (QED) is 0.896. The first-order valence-corrected chi connectivity index (χ1v) is 7.36. The highest BCUT2D eigenvalue weighted by Crippen LogP contribution is 2.26. The number of hydrogen-bond acceptors (Lipinski definition) is 2. The van der Waals surface area contributed by atoms with Crippen LogP contribution in [0.1, 0.15) is 38.7 Å². The van der Waals surface area contributed by atoms with Crippen molar-refractivity contribution in [3.8, 4) is 0 Å². The second-order valence-corrected chi connectivity index (χ2v) is 5.82. The van der Waals surface area contributed by atoms with E-state index in [4.69, 9.17) is 17.3 Å². The van der Waals surface area contributed by atoms with Gasteiger partial charge in [-0.25, -0.2) is 0 Å². The number of rotatable bonds is 2. The average Bonchev–Trinajstić information content (AvgIpc) is 2.49. The Morgan fingerprint density at radius 3 is 2.67 bits per heavy atom. The highest BCUT2D eigenvalue weighted by atomic mass is 35.5. The summed E-state index contributed by atoms with van der Waals surface area (Å²) in [6.45, 7) is 2.66. The predicted molar refractivity (Wildman–Crippen MR) is 84.7 cm³/mol. The molecule has 0 saturated carbocycles. The van der Waals surface area contributed by atoms with Crippen LogP contribution in [0.15, 0.2) is 36.4 Å². The maximum absolute atomic E-state index is 11.9. The topological polar surface area (TPSA) is 55.1 Å². The van der Waals surface area contributed by atoms with Crippen molar-refractivity contribution in [2.24, 2.45) is 5.73 Å². The van der Waals surface area contributed by atoms with Crippen LogP contribution in [0.4, 0.5) is 0 Å². The molecule has 2 aromatic rings. The van der Waals surface area contributed by atoms with Crippen LogP contribution < -0.4 is 11.1 Å². The lowest BCUT2D eigenvalue weighted by molar-refractivity contribution is 0.0946. The van der Waals surface area contributed by atoms with E-state index in [2.05, 4.69) is 5.32 Å². The van der Waals surface area contributed by atoms with Crippen LogP contribution in [0.25, 0.3) is 0 Å². The van der Waals surface area contributed by atoms with E-state index in [1.54, 1.807) is 0 Å². The number of amides is 1. The zero-order valence-electron chi connectivity index (χ0n) is 11.8. The van der Waals surface area contributed by atoms with Crippen LogP contribution in [0.2, 0.25) is 5.02 Å². The summed E-state index contributed by atoms with van der Waals surface area (Å²) in [4.78, 5) is 11.9. The van der Waals surface area contributed by atoms with E-state index in [9.17, 15) is 4.79 Å². The molecule has 3 nitrogen and oxygen atoms in total. The maximum Gasteiger partial charge on any atom is 0.251 e. The van der Waals surface area contributed by atoms with Crippen LogP contribution >= 0.6 is 11.6 Å². The Labute approximate surface area is 129 Å². The third-order valence-electron chi connectivity index (χ3n) is 3.97. The van der Waals surface area contributed by atoms with Gasteiger partial charge in [0.1, 0.15) is 0 Å². The summed E-state index contributed by atoms with van der Waals surface area (Å²) in [6, 6.07) is 11.4. The zero-order valence-corrected chi connectivity index (χ0v) is 12.6. The van der Waals surface area contributed by atoms with Gasteiger partial charge in [-0.05, 0) is 47.7 Å². The van der Waals surface area contributed by atoms with Crippen molar-refractivity contribution in [3.63, 3.8) is 0 Å². The highest BCUT2D eigenvalue weighted by Gasteiger charge is 2.19. The Kier molecular flexibility index (Phi) is 3.70. The van der Waals surface area contributed by atoms with Crippen molar-refractivity contribution in [2.75, 3.05) is 6.54 Å². The molecular weight excluding hydrogens is 284 g/mol. The van der Waals surface area contributed by atoms with Gasteiger partial charge in [-0.2, -0.15) is 0 Å². The molecule has 1 aliphatic heterocycles. The van der Waals surface area contributed by atoms with Crippen molar-refractivity contribution in [1.29, 1.82) is 0 Å². The minimum atomic E-state index is -0.289. The number of fused-ring (bicyclic) bond motifs is 1. The lowest BCUT2D eigenvalue weighted by Gasteiger charge is -2.20. The largest absolute Gasteiger partial charge is 0.352 e. The number of benzene rings is 2. The smallest absolute Gasteiger partial charge is 0.251 e. The summed E-state index contributed by atoms with van der Waals surface area (Å²) in [7, 11) is 0. The van der Waals surface area contributed by atoms with Gasteiger partial charge in [0.05, 0.1) is 6.04 Å². The summed E-state index contributed by atoms with van der Waals surface area (Å²) in [5, 5.41) is 3.57. The first kappa shape index (κ1) is 14.1. The monoisotopic (exact) mass is 300 g/mol. The second kappa shape index (κ2) is 5.51. The summed E-state index contributed by atoms with van der Waals surface area (Å²) < 4.78 is 0. The highest BCUT2D eigenvalue weighted by molar-refractivity contribution is 6.31. The summed E-state index contributed by atoms with van der Waals surface area (Å²) in [6.07, 6.45) is 0.868. The SMILES string of the molecule is Cc1ccc(C(N)c2ccc3c(c2)C(=O)NCC3)cc1Cl. The molecule has 108 valence electrons. The van der Waals surface area contributed by atoms with Crippen molar-refractivity contribution in [3.05, 3.63) is 69.2 Å². The van der Waals surface area contributed by atoms with Gasteiger partial charge >= 0.3 is 0 Å². The summed E-state index contributed by atoms with van der Waals surface area (Å²) in [5.74, 6) is -0.0211. The molecule has 2 aromatic carbocycles. The van der Waals surface area contributed by atoms with Gasteiger partial charge in [0.2, 0.25) is 0 Å². The number of halogens is 1. The average molecular weight is 301 g/mol. The fourth-order valence-electron chi connectivity index (χ4n) is 2.62. The van der Waals surface area contributed by atoms with E-state index in [-0.39, 0.29) is 11.9 Å². The van der Waals surface area contributed by atoms with Gasteiger partial charge in [-0.3, -0.25) is 4.79 Å². The first-order valence-electron chi connectivity index (χ1n) is 6.99. The van der Waals surface area contributed by atoms with Crippen molar-refractivity contribution in [2.45, 2.75) is 19.4 Å². The third kappa shape index (κ3) is 2.67. The second-order valence-electron chi connectivity index (χ2n) is 5.41. The van der Waals surface area contributed by atoms with Crippen LogP contribution in [0.5, 0.6) is 0 Å². The van der Waals surface area contributed by atoms with Gasteiger partial charge < -0.3 is 11.1 Å². The summed E-state index contributed by atoms with van der Waals surface area (Å²) >= 11 is 6.16. The van der Waals surface area contributed by atoms with Gasteiger partial charge in [0, 0.05) is 17.1 Å². The van der Waals surface area contributed by atoms with E-state index in [0.717, 1.165) is 34.2 Å². The normalized spacial score (nSPS) is 15.3. The number of nitrogens with two attached hydrogens (primary N) is 1. The Morgan fingerprint density at radius 2 is 1.90 bits per heavy atom. The molecule has 3 N–H and O–H groups in total. The van der Waals surface area contributed by atoms with Crippen molar-refractivity contribution >= 4 is 17.5 Å². The first-order chi connectivity index (χ1) is 10.1. The number of carbonyl (C=O) groups is 1. The van der Waals surface area contributed by atoms with Gasteiger partial charge in [0.15, 0.2) is 0 Å². The number of nitrogens with one attached hydrogen (secondary N) is 1. The van der Waals surface area contributed by atoms with Gasteiger partial charge in [-0.15, -0.1) is 0 Å². The predicted octanol–water partition coefficient (Wildman–Crippen LogP) is 2.98. The number of carbonyl (C=O) groups excluding carboxylic acids is 1. The maximum atomic E-state index is 11.9. The molecule has 1 amide bonds. The Bertz CT molecular complexity index is 712. The van der Waals surface area contributed by atoms with Crippen LogP contribution in [-0.4, -0.2) is 12.5 Å². The molecule has 1 aliphatic rings. The minimum absolute atomic E-state index is 0.0211. The molecule has 0 radical (unpaired) electrons. The van der Waals surface area contributed by atoms with Crippen LogP contribution in [-0.2, 0) is 6.42 Å². The fraction of sp³-hybridized carbons (Fsp3) is 0.235. The van der Waals surface area contributed by atoms with Gasteiger partial charge in [0.25, 0.3) is 5.91 Å². The fourth-order valence-corrected chi connectivity index (χ4v) is 2.81. The zero-order chi connectivity index (χ0) is 15.0. The molecular formula is C17H17ClN2O. The van der Waals surface area contributed by atoms with Crippen molar-refractivity contribution < 1.29 is 4.79 Å². The lowest BCUT2D eigenvalue weighted by atomic mass is 9.92. The molecule has 0 spiro atoms. The molecule has 3 rings (SSSR count). The minimum Gasteiger partial charge on any atom is -0.352 e. The molecule has 1 atom stereocenters. The van der Waals surface area contributed by atoms with Crippen molar-refractivity contribution in [1.82, 2.24) is 5.32 Å². The molecule has 1 heterocycles. The molecule has 0 aromatic heterocycles. The molecule has 0 aliphatic carbocycles. The van der Waals surface area contributed by atoms with E-state index >= 15 is 0 Å². The van der Waals surface area contributed by atoms with Crippen LogP contribution in [0, 0.1) is 6.92 Å². The molecule has 0 fully saturated rings. The molecule has 21 heavy (non-hydrogen) atoms. The van der Waals surface area contributed by atoms with E-state index in [1.165, 1.54) is 0 Å². The number of aryl methyl sites for hydroxylation is 1. The number of hydrogen-bond donors (Lipinski definition) is 2. The Balaban J connectivity index is 1.98. The standard InChI is InChI=1S/C17H17ClN2O/c1-10-2-3-13(9-15(10)18)16(19)12-5-4-11-6-7-20-17(21)14(11)8-12/h2-5,8-9,16H,6-7,19H2,1H3,(H,20,21). The van der Waals surface area contributed by atoms with E-state index in [0.29, 0.717) is 11.6 Å². The molecule has 0 saturated heterocycles. The Morgan fingerprint density at radius 1 is 1.19 bits per heavy atom. The van der Waals surface area contributed by atoms with E-state index < -0.39 is 0 Å². The van der Waals surface area contributed by atoms with Gasteiger partial charge in [-0.1, -0.05) is 35.9 Å². The lowest BCUT2D eigenvalue weighted by Crippen LogP contribution is -2.32. The molecule has 1 unspecified atom stereocenters. The molecule has 4 heteroatoms. The third-order valence-corrected chi connectivity index (χ3v) is 4.38. The van der Waals surface area contributed by atoms with Crippen LogP contribution in [0.3, 0.4) is 0 Å². The van der Waals surface area contributed by atoms with E-state index in [1.807, 2.05) is 43.3 Å². The Hall–Kier alpha value is -1.84. The molecule has 0 bridgehead atoms.